The molecule has 134 valence electrons. The summed E-state index contributed by atoms with van der Waals surface area (Å²) in [5, 5.41) is 2.96. The second-order valence-corrected chi connectivity index (χ2v) is 7.87. The fourth-order valence-corrected chi connectivity index (χ4v) is 3.84. The average Bonchev–Trinajstić information content (AvgIpc) is 2.61. The van der Waals surface area contributed by atoms with Crippen molar-refractivity contribution < 1.29 is 22.7 Å². The first-order chi connectivity index (χ1) is 11.4. The van der Waals surface area contributed by atoms with Crippen molar-refractivity contribution in [1.82, 2.24) is 9.62 Å². The molecule has 0 bridgehead atoms. The molecule has 0 saturated carbocycles. The van der Waals surface area contributed by atoms with Gasteiger partial charge in [0.25, 0.3) is 5.91 Å². The Morgan fingerprint density at radius 3 is 2.38 bits per heavy atom. The normalized spacial score (nSPS) is 16.6. The first-order valence-electron chi connectivity index (χ1n) is 7.92. The van der Waals surface area contributed by atoms with Crippen LogP contribution in [0.2, 0.25) is 0 Å². The second kappa shape index (κ2) is 7.85. The maximum Gasteiger partial charge on any atom is 0.251 e. The van der Waals surface area contributed by atoms with Crippen LogP contribution in [0.1, 0.15) is 30.1 Å². The van der Waals surface area contributed by atoms with E-state index in [1.54, 1.807) is 25.1 Å². The van der Waals surface area contributed by atoms with Gasteiger partial charge in [0.2, 0.25) is 10.0 Å². The molecule has 1 aromatic rings. The van der Waals surface area contributed by atoms with Crippen molar-refractivity contribution >= 4 is 15.9 Å². The van der Waals surface area contributed by atoms with Crippen molar-refractivity contribution in [1.29, 1.82) is 0 Å². The number of ether oxygens (including phenoxy) is 2. The Labute approximate surface area is 143 Å². The zero-order valence-corrected chi connectivity index (χ0v) is 15.1. The molecule has 0 unspecified atom stereocenters. The number of carbonyl (C=O) groups excluding carboxylic acids is 1. The molecule has 7 nitrogen and oxygen atoms in total. The van der Waals surface area contributed by atoms with Crippen LogP contribution in [0.4, 0.5) is 0 Å². The number of sulfonamides is 1. The zero-order valence-electron chi connectivity index (χ0n) is 14.2. The summed E-state index contributed by atoms with van der Waals surface area (Å²) in [7, 11) is -0.0971. The fraction of sp³-hybridized carbons (Fsp3) is 0.562. The summed E-state index contributed by atoms with van der Waals surface area (Å²) in [6.45, 7) is 2.51. The molecule has 0 radical (unpaired) electrons. The highest BCUT2D eigenvalue weighted by Crippen LogP contribution is 2.27. The van der Waals surface area contributed by atoms with E-state index in [0.717, 1.165) is 0 Å². The van der Waals surface area contributed by atoms with E-state index in [1.807, 2.05) is 0 Å². The first-order valence-corrected chi connectivity index (χ1v) is 9.53. The molecular weight excluding hydrogens is 332 g/mol. The summed E-state index contributed by atoms with van der Waals surface area (Å²) in [4.78, 5) is 12.4. The molecule has 1 fully saturated rings. The lowest BCUT2D eigenvalue weighted by atomic mass is 10.1. The van der Waals surface area contributed by atoms with Crippen LogP contribution < -0.4 is 14.8 Å². The number of rotatable bonds is 6. The Morgan fingerprint density at radius 2 is 1.83 bits per heavy atom. The third-order valence-corrected chi connectivity index (χ3v) is 6.07. The van der Waals surface area contributed by atoms with Gasteiger partial charge in [0, 0.05) is 24.7 Å². The van der Waals surface area contributed by atoms with Crippen molar-refractivity contribution in [2.45, 2.75) is 25.8 Å². The summed E-state index contributed by atoms with van der Waals surface area (Å²) in [6.07, 6.45) is 1.22. The average molecular weight is 356 g/mol. The largest absolute Gasteiger partial charge is 0.493 e. The van der Waals surface area contributed by atoms with Crippen molar-refractivity contribution in [3.8, 4) is 11.5 Å². The number of benzene rings is 1. The van der Waals surface area contributed by atoms with Crippen LogP contribution in [-0.4, -0.2) is 57.7 Å². The van der Waals surface area contributed by atoms with Gasteiger partial charge in [0.15, 0.2) is 11.5 Å². The Hall–Kier alpha value is -1.80. The van der Waals surface area contributed by atoms with Gasteiger partial charge in [0.05, 0.1) is 20.0 Å². The van der Waals surface area contributed by atoms with E-state index in [0.29, 0.717) is 43.0 Å². The predicted molar refractivity (Wildman–Crippen MR) is 91.1 cm³/mol. The molecule has 1 N–H and O–H groups in total. The van der Waals surface area contributed by atoms with Crippen LogP contribution in [0, 0.1) is 0 Å². The van der Waals surface area contributed by atoms with Crippen molar-refractivity contribution in [2.75, 3.05) is 33.1 Å². The highest BCUT2D eigenvalue weighted by molar-refractivity contribution is 7.89. The third-order valence-electron chi connectivity index (χ3n) is 4.19. The topological polar surface area (TPSA) is 84.9 Å². The number of nitrogens with zero attached hydrogens (tertiary/aromatic N) is 1. The molecular formula is C16H24N2O5S. The van der Waals surface area contributed by atoms with Gasteiger partial charge in [-0.3, -0.25) is 4.79 Å². The maximum absolute atomic E-state index is 12.4. The summed E-state index contributed by atoms with van der Waals surface area (Å²) < 4.78 is 35.5. The highest BCUT2D eigenvalue weighted by atomic mass is 32.2. The summed E-state index contributed by atoms with van der Waals surface area (Å²) in [5.74, 6) is 0.962. The second-order valence-electron chi connectivity index (χ2n) is 5.62. The van der Waals surface area contributed by atoms with E-state index in [9.17, 15) is 13.2 Å². The molecule has 24 heavy (non-hydrogen) atoms. The minimum Gasteiger partial charge on any atom is -0.493 e. The van der Waals surface area contributed by atoms with Crippen molar-refractivity contribution in [3.63, 3.8) is 0 Å². The summed E-state index contributed by atoms with van der Waals surface area (Å²) in [6, 6.07) is 4.96. The number of carbonyl (C=O) groups is 1. The number of nitrogens with one attached hydrogen (secondary N) is 1. The predicted octanol–water partition coefficient (Wildman–Crippen LogP) is 1.25. The third kappa shape index (κ3) is 4.18. The number of piperidine rings is 1. The van der Waals surface area contributed by atoms with Crippen LogP contribution in [0.15, 0.2) is 18.2 Å². The molecule has 0 aliphatic carbocycles. The van der Waals surface area contributed by atoms with Crippen LogP contribution in [0.3, 0.4) is 0 Å². The van der Waals surface area contributed by atoms with E-state index in [1.165, 1.54) is 18.5 Å². The Bertz CT molecular complexity index is 682. The number of methoxy groups -OCH3 is 2. The van der Waals surface area contributed by atoms with Gasteiger partial charge >= 0.3 is 0 Å². The molecule has 1 saturated heterocycles. The summed E-state index contributed by atoms with van der Waals surface area (Å²) in [5.41, 5.74) is 0.483. The molecule has 1 amide bonds. The molecule has 8 heteroatoms. The smallest absolute Gasteiger partial charge is 0.251 e. The molecule has 0 spiro atoms. The molecule has 0 aromatic heterocycles. The quantitative estimate of drug-likeness (QED) is 0.829. The van der Waals surface area contributed by atoms with Gasteiger partial charge < -0.3 is 14.8 Å². The Morgan fingerprint density at radius 1 is 1.21 bits per heavy atom. The first kappa shape index (κ1) is 18.5. The van der Waals surface area contributed by atoms with E-state index in [4.69, 9.17) is 9.47 Å². The zero-order chi connectivity index (χ0) is 17.7. The Kier molecular flexibility index (Phi) is 6.06. The minimum atomic E-state index is -3.15. The number of amides is 1. The SMILES string of the molecule is CCS(=O)(=O)N1CCC(NC(=O)c2ccc(OC)c(OC)c2)CC1. The van der Waals surface area contributed by atoms with E-state index in [-0.39, 0.29) is 17.7 Å². The van der Waals surface area contributed by atoms with E-state index >= 15 is 0 Å². The number of hydrogen-bond acceptors (Lipinski definition) is 5. The van der Waals surface area contributed by atoms with Gasteiger partial charge in [-0.15, -0.1) is 0 Å². The van der Waals surface area contributed by atoms with Crippen molar-refractivity contribution in [3.05, 3.63) is 23.8 Å². The number of hydrogen-bond donors (Lipinski definition) is 1. The fourth-order valence-electron chi connectivity index (χ4n) is 2.71. The minimum absolute atomic E-state index is 0.0334. The monoisotopic (exact) mass is 356 g/mol. The van der Waals surface area contributed by atoms with Gasteiger partial charge in [-0.05, 0) is 38.0 Å². The lowest BCUT2D eigenvalue weighted by molar-refractivity contribution is 0.0923. The van der Waals surface area contributed by atoms with Crippen molar-refractivity contribution in [2.24, 2.45) is 0 Å². The summed E-state index contributed by atoms with van der Waals surface area (Å²) >= 11 is 0. The molecule has 1 aliphatic heterocycles. The van der Waals surface area contributed by atoms with Gasteiger partial charge in [-0.25, -0.2) is 12.7 Å². The standard InChI is InChI=1S/C16H24N2O5S/c1-4-24(20,21)18-9-7-13(8-10-18)17-16(19)12-5-6-14(22-2)15(11-12)23-3/h5-6,11,13H,4,7-10H2,1-3H3,(H,17,19). The lowest BCUT2D eigenvalue weighted by Gasteiger charge is -2.31. The van der Waals surface area contributed by atoms with E-state index in [2.05, 4.69) is 5.32 Å². The van der Waals surface area contributed by atoms with Crippen LogP contribution >= 0.6 is 0 Å². The van der Waals surface area contributed by atoms with Crippen LogP contribution in [-0.2, 0) is 10.0 Å². The molecule has 1 aromatic carbocycles. The lowest BCUT2D eigenvalue weighted by Crippen LogP contribution is -2.46. The van der Waals surface area contributed by atoms with Crippen LogP contribution in [0.25, 0.3) is 0 Å². The maximum atomic E-state index is 12.4. The molecule has 0 atom stereocenters. The Balaban J connectivity index is 1.97. The highest BCUT2D eigenvalue weighted by Gasteiger charge is 2.27. The van der Waals surface area contributed by atoms with Gasteiger partial charge in [0.1, 0.15) is 0 Å². The molecule has 1 heterocycles. The molecule has 1 aliphatic rings. The van der Waals surface area contributed by atoms with Crippen LogP contribution in [0.5, 0.6) is 11.5 Å². The molecule has 2 rings (SSSR count). The van der Waals surface area contributed by atoms with Gasteiger partial charge in [-0.1, -0.05) is 0 Å². The van der Waals surface area contributed by atoms with E-state index < -0.39 is 10.0 Å². The van der Waals surface area contributed by atoms with Gasteiger partial charge in [-0.2, -0.15) is 0 Å².